The highest BCUT2D eigenvalue weighted by Gasteiger charge is 2.42. The summed E-state index contributed by atoms with van der Waals surface area (Å²) in [7, 11) is 0. The van der Waals surface area contributed by atoms with Crippen molar-refractivity contribution in [3.8, 4) is 0 Å². The number of epoxide rings is 1. The predicted molar refractivity (Wildman–Crippen MR) is 96.0 cm³/mol. The first kappa shape index (κ1) is 19.4. The molecule has 3 atom stereocenters. The van der Waals surface area contributed by atoms with Gasteiger partial charge in [-0.25, -0.2) is 0 Å². The maximum atomic E-state index is 12.6. The van der Waals surface area contributed by atoms with E-state index in [9.17, 15) is 18.0 Å². The van der Waals surface area contributed by atoms with Gasteiger partial charge >= 0.3 is 12.1 Å². The number of nitrogens with one attached hydrogen (secondary N) is 1. The largest absolute Gasteiger partial charge is 0.471 e. The summed E-state index contributed by atoms with van der Waals surface area (Å²) in [5, 5.41) is 2.15. The number of carbonyl (C=O) groups excluding carboxylic acids is 1. The fourth-order valence-corrected chi connectivity index (χ4v) is 3.21. The molecule has 3 unspecified atom stereocenters. The van der Waals surface area contributed by atoms with Crippen molar-refractivity contribution in [1.82, 2.24) is 5.32 Å². The minimum Gasteiger partial charge on any atom is -0.365 e. The number of hydrogen-bond acceptors (Lipinski definition) is 2. The Labute approximate surface area is 156 Å². The molecule has 3 rings (SSSR count). The molecule has 1 saturated heterocycles. The van der Waals surface area contributed by atoms with Gasteiger partial charge in [-0.15, -0.1) is 0 Å². The van der Waals surface area contributed by atoms with Gasteiger partial charge in [0.1, 0.15) is 6.10 Å². The summed E-state index contributed by atoms with van der Waals surface area (Å²) in [6, 6.07) is 18.7. The van der Waals surface area contributed by atoms with Gasteiger partial charge in [0.25, 0.3) is 0 Å². The van der Waals surface area contributed by atoms with E-state index in [1.54, 1.807) is 0 Å². The Bertz CT molecular complexity index is 734. The van der Waals surface area contributed by atoms with Gasteiger partial charge in [0.15, 0.2) is 0 Å². The minimum absolute atomic E-state index is 0.000656. The average Bonchev–Trinajstić information content (AvgIpc) is 3.44. The summed E-state index contributed by atoms with van der Waals surface area (Å²) in [5.74, 6) is -1.88. The van der Waals surface area contributed by atoms with Crippen molar-refractivity contribution in [2.75, 3.05) is 0 Å². The maximum absolute atomic E-state index is 12.6. The third kappa shape index (κ3) is 5.82. The Kier molecular flexibility index (Phi) is 6.16. The molecule has 2 aromatic carbocycles. The molecule has 1 aliphatic rings. The van der Waals surface area contributed by atoms with E-state index in [1.807, 2.05) is 60.7 Å². The molecule has 0 spiro atoms. The second-order valence-electron chi connectivity index (χ2n) is 6.78. The molecule has 0 aromatic heterocycles. The Balaban J connectivity index is 1.54. The SMILES string of the molecule is O=C(NC(CCc1ccccc1)CCC1OC1c1ccccc1)C(F)(F)F. The fraction of sp³-hybridized carbons (Fsp3) is 0.381. The predicted octanol–water partition coefficient (Wildman–Crippen LogP) is 4.59. The number of ether oxygens (including phenoxy) is 1. The molecule has 0 radical (unpaired) electrons. The average molecular weight is 377 g/mol. The van der Waals surface area contributed by atoms with Gasteiger partial charge in [-0.05, 0) is 36.8 Å². The van der Waals surface area contributed by atoms with Crippen LogP contribution in [0.15, 0.2) is 60.7 Å². The Morgan fingerprint density at radius 2 is 1.63 bits per heavy atom. The van der Waals surface area contributed by atoms with Gasteiger partial charge < -0.3 is 10.1 Å². The molecule has 0 bridgehead atoms. The van der Waals surface area contributed by atoms with Crippen LogP contribution in [-0.2, 0) is 16.0 Å². The van der Waals surface area contributed by atoms with Gasteiger partial charge in [0, 0.05) is 6.04 Å². The topological polar surface area (TPSA) is 41.6 Å². The Morgan fingerprint density at radius 3 is 2.26 bits per heavy atom. The molecule has 1 heterocycles. The number of amides is 1. The number of aryl methyl sites for hydroxylation is 1. The zero-order valence-corrected chi connectivity index (χ0v) is 14.8. The van der Waals surface area contributed by atoms with Crippen molar-refractivity contribution >= 4 is 5.91 Å². The van der Waals surface area contributed by atoms with Crippen molar-refractivity contribution in [2.24, 2.45) is 0 Å². The van der Waals surface area contributed by atoms with Crippen LogP contribution in [0.2, 0.25) is 0 Å². The molecule has 1 fully saturated rings. The monoisotopic (exact) mass is 377 g/mol. The highest BCUT2D eigenvalue weighted by molar-refractivity contribution is 5.81. The first-order valence-electron chi connectivity index (χ1n) is 9.05. The summed E-state index contributed by atoms with van der Waals surface area (Å²) in [6.45, 7) is 0. The molecule has 27 heavy (non-hydrogen) atoms. The molecule has 3 nitrogen and oxygen atoms in total. The lowest BCUT2D eigenvalue weighted by Gasteiger charge is -2.19. The highest BCUT2D eigenvalue weighted by atomic mass is 19.4. The summed E-state index contributed by atoms with van der Waals surface area (Å²) in [6.07, 6.45) is -2.76. The summed E-state index contributed by atoms with van der Waals surface area (Å²) in [5.41, 5.74) is 2.11. The van der Waals surface area contributed by atoms with E-state index >= 15 is 0 Å². The van der Waals surface area contributed by atoms with Crippen molar-refractivity contribution in [3.05, 3.63) is 71.8 Å². The van der Waals surface area contributed by atoms with Crippen molar-refractivity contribution in [3.63, 3.8) is 0 Å². The third-order valence-corrected chi connectivity index (χ3v) is 4.73. The number of rotatable bonds is 8. The van der Waals surface area contributed by atoms with Crippen LogP contribution in [0.25, 0.3) is 0 Å². The Morgan fingerprint density at radius 1 is 1.00 bits per heavy atom. The lowest BCUT2D eigenvalue weighted by Crippen LogP contribution is -2.43. The second kappa shape index (κ2) is 8.57. The fourth-order valence-electron chi connectivity index (χ4n) is 3.21. The molecular weight excluding hydrogens is 355 g/mol. The lowest BCUT2D eigenvalue weighted by atomic mass is 9.99. The van der Waals surface area contributed by atoms with E-state index in [2.05, 4.69) is 5.32 Å². The number of halogens is 3. The standard InChI is InChI=1S/C21H22F3NO2/c22-21(23,24)20(26)25-17(12-11-15-7-3-1-4-8-15)13-14-18-19(27-18)16-9-5-2-6-10-16/h1-10,17-19H,11-14H2,(H,25,26). The van der Waals surface area contributed by atoms with Crippen molar-refractivity contribution < 1.29 is 22.7 Å². The smallest absolute Gasteiger partial charge is 0.365 e. The zero-order valence-electron chi connectivity index (χ0n) is 14.8. The molecule has 0 saturated carbocycles. The van der Waals surface area contributed by atoms with E-state index < -0.39 is 18.1 Å². The molecular formula is C21H22F3NO2. The van der Waals surface area contributed by atoms with Crippen LogP contribution in [0, 0.1) is 0 Å². The molecule has 6 heteroatoms. The van der Waals surface area contributed by atoms with Gasteiger partial charge in [-0.3, -0.25) is 4.79 Å². The first-order valence-corrected chi connectivity index (χ1v) is 9.05. The maximum Gasteiger partial charge on any atom is 0.471 e. The number of carbonyl (C=O) groups is 1. The number of alkyl halides is 3. The van der Waals surface area contributed by atoms with E-state index in [1.165, 1.54) is 0 Å². The Hall–Kier alpha value is -2.34. The third-order valence-electron chi connectivity index (χ3n) is 4.73. The molecule has 0 aliphatic carbocycles. The zero-order chi connectivity index (χ0) is 19.3. The van der Waals surface area contributed by atoms with Crippen LogP contribution in [0.3, 0.4) is 0 Å². The second-order valence-corrected chi connectivity index (χ2v) is 6.78. The van der Waals surface area contributed by atoms with Gasteiger partial charge in [-0.2, -0.15) is 13.2 Å². The summed E-state index contributed by atoms with van der Waals surface area (Å²) in [4.78, 5) is 11.4. The van der Waals surface area contributed by atoms with Gasteiger partial charge in [-0.1, -0.05) is 60.7 Å². The van der Waals surface area contributed by atoms with Crippen LogP contribution in [0.5, 0.6) is 0 Å². The van der Waals surface area contributed by atoms with E-state index in [0.29, 0.717) is 25.7 Å². The van der Waals surface area contributed by atoms with Gasteiger partial charge in [0.05, 0.1) is 6.10 Å². The molecule has 1 aliphatic heterocycles. The summed E-state index contributed by atoms with van der Waals surface area (Å²) >= 11 is 0. The molecule has 1 N–H and O–H groups in total. The van der Waals surface area contributed by atoms with E-state index in [4.69, 9.17) is 4.74 Å². The van der Waals surface area contributed by atoms with Crippen LogP contribution in [0.1, 0.15) is 36.5 Å². The lowest BCUT2D eigenvalue weighted by molar-refractivity contribution is -0.174. The van der Waals surface area contributed by atoms with Crippen LogP contribution in [0.4, 0.5) is 13.2 Å². The van der Waals surface area contributed by atoms with Crippen molar-refractivity contribution in [1.29, 1.82) is 0 Å². The first-order chi connectivity index (χ1) is 12.9. The summed E-state index contributed by atoms with van der Waals surface area (Å²) < 4.78 is 43.5. The van der Waals surface area contributed by atoms with E-state index in [0.717, 1.165) is 11.1 Å². The van der Waals surface area contributed by atoms with Crippen LogP contribution in [-0.4, -0.2) is 24.2 Å². The molecule has 144 valence electrons. The molecule has 2 aromatic rings. The number of benzene rings is 2. The highest BCUT2D eigenvalue weighted by Crippen LogP contribution is 2.41. The van der Waals surface area contributed by atoms with Crippen LogP contribution < -0.4 is 5.32 Å². The normalized spacial score (nSPS) is 20.1. The van der Waals surface area contributed by atoms with Gasteiger partial charge in [0.2, 0.25) is 0 Å². The van der Waals surface area contributed by atoms with Crippen molar-refractivity contribution in [2.45, 2.75) is 50.1 Å². The number of hydrogen-bond donors (Lipinski definition) is 1. The molecule has 1 amide bonds. The quantitative estimate of drug-likeness (QED) is 0.684. The minimum atomic E-state index is -4.87. The van der Waals surface area contributed by atoms with Crippen LogP contribution >= 0.6 is 0 Å². The van der Waals surface area contributed by atoms with E-state index in [-0.39, 0.29) is 12.2 Å².